The molecule has 0 aliphatic carbocycles. The van der Waals surface area contributed by atoms with Gasteiger partial charge in [-0.25, -0.2) is 0 Å². The second-order valence-corrected chi connectivity index (χ2v) is 4.08. The number of carbonyl (C=O) groups is 1. The first kappa shape index (κ1) is 11.6. The van der Waals surface area contributed by atoms with E-state index in [0.717, 1.165) is 5.56 Å². The minimum Gasteiger partial charge on any atom is -0.399 e. The van der Waals surface area contributed by atoms with Crippen LogP contribution in [0.2, 0.25) is 0 Å². The summed E-state index contributed by atoms with van der Waals surface area (Å²) in [4.78, 5) is 13.7. The lowest BCUT2D eigenvalue weighted by molar-refractivity contribution is 0.0754. The molecule has 82 valence electrons. The van der Waals surface area contributed by atoms with E-state index in [-0.39, 0.29) is 11.9 Å². The van der Waals surface area contributed by atoms with Crippen LogP contribution in [0, 0.1) is 6.92 Å². The first-order valence-electron chi connectivity index (χ1n) is 5.06. The van der Waals surface area contributed by atoms with Gasteiger partial charge in [-0.3, -0.25) is 4.79 Å². The number of hydrogen-bond acceptors (Lipinski definition) is 2. The van der Waals surface area contributed by atoms with E-state index >= 15 is 0 Å². The lowest BCUT2D eigenvalue weighted by atomic mass is 10.1. The molecule has 0 bridgehead atoms. The first-order chi connectivity index (χ1) is 6.93. The van der Waals surface area contributed by atoms with Crippen molar-refractivity contribution in [3.8, 4) is 0 Å². The molecule has 0 aliphatic heterocycles. The highest BCUT2D eigenvalue weighted by atomic mass is 16.2. The van der Waals surface area contributed by atoms with E-state index in [1.165, 1.54) is 0 Å². The number of amides is 1. The van der Waals surface area contributed by atoms with Crippen molar-refractivity contribution in [2.75, 3.05) is 12.8 Å². The molecule has 3 heteroatoms. The Kier molecular flexibility index (Phi) is 3.35. The highest BCUT2D eigenvalue weighted by Gasteiger charge is 2.16. The summed E-state index contributed by atoms with van der Waals surface area (Å²) in [6, 6.07) is 5.60. The van der Waals surface area contributed by atoms with Gasteiger partial charge < -0.3 is 10.6 Å². The topological polar surface area (TPSA) is 46.3 Å². The van der Waals surface area contributed by atoms with Crippen LogP contribution in [0.3, 0.4) is 0 Å². The Balaban J connectivity index is 3.05. The van der Waals surface area contributed by atoms with Crippen LogP contribution in [0.25, 0.3) is 0 Å². The molecule has 15 heavy (non-hydrogen) atoms. The van der Waals surface area contributed by atoms with Crippen molar-refractivity contribution in [3.63, 3.8) is 0 Å². The molecule has 2 N–H and O–H groups in total. The van der Waals surface area contributed by atoms with Gasteiger partial charge in [-0.1, -0.05) is 6.07 Å². The fourth-order valence-electron chi connectivity index (χ4n) is 1.29. The van der Waals surface area contributed by atoms with Crippen molar-refractivity contribution in [2.45, 2.75) is 26.8 Å². The number of nitrogens with zero attached hydrogens (tertiary/aromatic N) is 1. The van der Waals surface area contributed by atoms with Crippen LogP contribution in [0.1, 0.15) is 29.8 Å². The Morgan fingerprint density at radius 1 is 1.40 bits per heavy atom. The van der Waals surface area contributed by atoms with E-state index < -0.39 is 0 Å². The number of nitrogen functional groups attached to an aromatic ring is 1. The summed E-state index contributed by atoms with van der Waals surface area (Å²) in [5.41, 5.74) is 7.94. The Bertz CT molecular complexity index is 372. The maximum absolute atomic E-state index is 12.0. The third kappa shape index (κ3) is 2.49. The third-order valence-corrected chi connectivity index (χ3v) is 2.59. The summed E-state index contributed by atoms with van der Waals surface area (Å²) < 4.78 is 0. The minimum atomic E-state index is 0.0230. The summed E-state index contributed by atoms with van der Waals surface area (Å²) >= 11 is 0. The number of rotatable bonds is 2. The van der Waals surface area contributed by atoms with Gasteiger partial charge in [0.25, 0.3) is 5.91 Å². The number of nitrogens with two attached hydrogens (primary N) is 1. The van der Waals surface area contributed by atoms with Crippen LogP contribution in [-0.2, 0) is 0 Å². The summed E-state index contributed by atoms with van der Waals surface area (Å²) in [5.74, 6) is 0.0230. The first-order valence-corrected chi connectivity index (χ1v) is 5.06. The van der Waals surface area contributed by atoms with Gasteiger partial charge in [0.2, 0.25) is 0 Å². The molecular formula is C12H18N2O. The normalized spacial score (nSPS) is 10.5. The average molecular weight is 206 g/mol. The monoisotopic (exact) mass is 206 g/mol. The van der Waals surface area contributed by atoms with Gasteiger partial charge in [0.1, 0.15) is 0 Å². The highest BCUT2D eigenvalue weighted by Crippen LogP contribution is 2.15. The fraction of sp³-hybridized carbons (Fsp3) is 0.417. The Hall–Kier alpha value is -1.51. The van der Waals surface area contributed by atoms with E-state index in [2.05, 4.69) is 0 Å². The molecule has 0 saturated carbocycles. The summed E-state index contributed by atoms with van der Waals surface area (Å²) in [6.07, 6.45) is 0. The summed E-state index contributed by atoms with van der Waals surface area (Å²) in [6.45, 7) is 5.89. The van der Waals surface area contributed by atoms with E-state index in [1.807, 2.05) is 32.9 Å². The van der Waals surface area contributed by atoms with Crippen LogP contribution in [-0.4, -0.2) is 23.9 Å². The smallest absolute Gasteiger partial charge is 0.254 e. The molecule has 0 heterocycles. The predicted octanol–water partition coefficient (Wildman–Crippen LogP) is 2.06. The van der Waals surface area contributed by atoms with Crippen LogP contribution in [0.4, 0.5) is 5.69 Å². The molecule has 1 aromatic carbocycles. The lowest BCUT2D eigenvalue weighted by Gasteiger charge is -2.22. The molecule has 0 unspecified atom stereocenters. The van der Waals surface area contributed by atoms with Crippen LogP contribution in [0.5, 0.6) is 0 Å². The molecule has 0 atom stereocenters. The van der Waals surface area contributed by atoms with Gasteiger partial charge >= 0.3 is 0 Å². The molecule has 0 aliphatic rings. The van der Waals surface area contributed by atoms with Gasteiger partial charge in [-0.05, 0) is 38.5 Å². The quantitative estimate of drug-likeness (QED) is 0.753. The standard InChI is InChI=1S/C12H18N2O/c1-8(2)14(4)12(15)11-7-10(13)6-5-9(11)3/h5-8H,13H2,1-4H3. The Morgan fingerprint density at radius 3 is 2.53 bits per heavy atom. The van der Waals surface area contributed by atoms with Gasteiger partial charge in [0.15, 0.2) is 0 Å². The van der Waals surface area contributed by atoms with Gasteiger partial charge in [-0.2, -0.15) is 0 Å². The van der Waals surface area contributed by atoms with Gasteiger partial charge in [0, 0.05) is 24.3 Å². The largest absolute Gasteiger partial charge is 0.399 e. The van der Waals surface area contributed by atoms with E-state index in [9.17, 15) is 4.79 Å². The number of anilines is 1. The maximum Gasteiger partial charge on any atom is 0.254 e. The zero-order valence-electron chi connectivity index (χ0n) is 9.74. The zero-order valence-corrected chi connectivity index (χ0v) is 9.74. The van der Waals surface area contributed by atoms with Crippen LogP contribution >= 0.6 is 0 Å². The number of aryl methyl sites for hydroxylation is 1. The van der Waals surface area contributed by atoms with E-state index in [0.29, 0.717) is 11.3 Å². The van der Waals surface area contributed by atoms with Crippen LogP contribution < -0.4 is 5.73 Å². The molecule has 1 aromatic rings. The SMILES string of the molecule is Cc1ccc(N)cc1C(=O)N(C)C(C)C. The Labute approximate surface area is 90.9 Å². The number of benzene rings is 1. The van der Waals surface area contributed by atoms with Gasteiger partial charge in [-0.15, -0.1) is 0 Å². The molecular weight excluding hydrogens is 188 g/mol. The van der Waals surface area contributed by atoms with E-state index in [4.69, 9.17) is 5.73 Å². The second kappa shape index (κ2) is 4.34. The van der Waals surface area contributed by atoms with Crippen molar-refractivity contribution in [1.82, 2.24) is 4.90 Å². The Morgan fingerprint density at radius 2 is 2.00 bits per heavy atom. The number of hydrogen-bond donors (Lipinski definition) is 1. The van der Waals surface area contributed by atoms with Crippen molar-refractivity contribution >= 4 is 11.6 Å². The van der Waals surface area contributed by atoms with Crippen LogP contribution in [0.15, 0.2) is 18.2 Å². The number of carbonyl (C=O) groups excluding carboxylic acids is 1. The predicted molar refractivity (Wildman–Crippen MR) is 62.8 cm³/mol. The molecule has 0 saturated heterocycles. The molecule has 0 fully saturated rings. The molecule has 0 spiro atoms. The summed E-state index contributed by atoms with van der Waals surface area (Å²) in [5, 5.41) is 0. The summed E-state index contributed by atoms with van der Waals surface area (Å²) in [7, 11) is 1.80. The maximum atomic E-state index is 12.0. The van der Waals surface area contributed by atoms with Crippen molar-refractivity contribution < 1.29 is 4.79 Å². The molecule has 0 aromatic heterocycles. The third-order valence-electron chi connectivity index (χ3n) is 2.59. The molecule has 1 amide bonds. The average Bonchev–Trinajstić information content (AvgIpc) is 2.19. The fourth-order valence-corrected chi connectivity index (χ4v) is 1.29. The molecule has 3 nitrogen and oxygen atoms in total. The lowest BCUT2D eigenvalue weighted by Crippen LogP contribution is -2.33. The van der Waals surface area contributed by atoms with Crippen molar-refractivity contribution in [3.05, 3.63) is 29.3 Å². The highest BCUT2D eigenvalue weighted by molar-refractivity contribution is 5.96. The second-order valence-electron chi connectivity index (χ2n) is 4.08. The molecule has 1 rings (SSSR count). The molecule has 0 radical (unpaired) electrons. The van der Waals surface area contributed by atoms with Crippen molar-refractivity contribution in [2.24, 2.45) is 0 Å². The minimum absolute atomic E-state index is 0.0230. The van der Waals surface area contributed by atoms with Gasteiger partial charge in [0.05, 0.1) is 0 Å². The zero-order chi connectivity index (χ0) is 11.6. The van der Waals surface area contributed by atoms with Crippen molar-refractivity contribution in [1.29, 1.82) is 0 Å². The van der Waals surface area contributed by atoms with E-state index in [1.54, 1.807) is 18.0 Å².